The van der Waals surface area contributed by atoms with Crippen LogP contribution in [-0.4, -0.2) is 34.2 Å². The highest BCUT2D eigenvalue weighted by molar-refractivity contribution is 6.36. The van der Waals surface area contributed by atoms with Crippen LogP contribution in [0.1, 0.15) is 10.4 Å². The molecule has 0 saturated heterocycles. The van der Waals surface area contributed by atoms with Crippen LogP contribution in [0.2, 0.25) is 10.0 Å². The normalized spacial score (nSPS) is 10.3. The molecule has 3 rings (SSSR count). The van der Waals surface area contributed by atoms with Crippen LogP contribution in [0.15, 0.2) is 54.7 Å². The third-order valence-corrected chi connectivity index (χ3v) is 4.03. The molecule has 1 aromatic carbocycles. The Bertz CT molecular complexity index is 905. The second-order valence-electron chi connectivity index (χ2n) is 5.45. The Morgan fingerprint density at radius 1 is 0.926 bits per heavy atom. The molecule has 3 N–H and O–H groups in total. The average Bonchev–Trinajstić information content (AvgIpc) is 2.67. The van der Waals surface area contributed by atoms with Crippen molar-refractivity contribution >= 4 is 46.6 Å². The quantitative estimate of drug-likeness (QED) is 0.521. The maximum absolute atomic E-state index is 12.1. The minimum atomic E-state index is -0.264. The summed E-state index contributed by atoms with van der Waals surface area (Å²) in [5.41, 5.74) is 0.380. The van der Waals surface area contributed by atoms with Gasteiger partial charge in [-0.3, -0.25) is 4.79 Å². The van der Waals surface area contributed by atoms with Gasteiger partial charge in [0.1, 0.15) is 11.6 Å². The van der Waals surface area contributed by atoms with Crippen molar-refractivity contribution in [2.45, 2.75) is 0 Å². The van der Waals surface area contributed by atoms with Gasteiger partial charge in [0, 0.05) is 24.3 Å². The summed E-state index contributed by atoms with van der Waals surface area (Å²) in [6.07, 6.45) is 1.69. The number of nitrogens with zero attached hydrogens (tertiary/aromatic N) is 3. The summed E-state index contributed by atoms with van der Waals surface area (Å²) in [6, 6.07) is 13.9. The maximum Gasteiger partial charge on any atom is 0.252 e. The van der Waals surface area contributed by atoms with E-state index < -0.39 is 0 Å². The molecule has 0 radical (unpaired) electrons. The number of hydrogen-bond acceptors (Lipinski definition) is 6. The Labute approximate surface area is 166 Å². The molecule has 0 spiro atoms. The molecule has 27 heavy (non-hydrogen) atoms. The Morgan fingerprint density at radius 3 is 2.44 bits per heavy atom. The van der Waals surface area contributed by atoms with Crippen molar-refractivity contribution in [2.24, 2.45) is 0 Å². The lowest BCUT2D eigenvalue weighted by Gasteiger charge is -2.09. The van der Waals surface area contributed by atoms with Crippen LogP contribution in [-0.2, 0) is 0 Å². The fourth-order valence-electron chi connectivity index (χ4n) is 2.20. The Balaban J connectivity index is 1.44. The molecular formula is C18H16Cl2N6O. The van der Waals surface area contributed by atoms with E-state index >= 15 is 0 Å². The zero-order valence-electron chi connectivity index (χ0n) is 14.1. The van der Waals surface area contributed by atoms with E-state index in [0.717, 1.165) is 0 Å². The molecule has 0 fully saturated rings. The highest BCUT2D eigenvalue weighted by Crippen LogP contribution is 2.20. The molecule has 0 aliphatic carbocycles. The molecule has 1 amide bonds. The summed E-state index contributed by atoms with van der Waals surface area (Å²) in [5.74, 6) is 1.61. The fraction of sp³-hybridized carbons (Fsp3) is 0.111. The third-order valence-electron chi connectivity index (χ3n) is 3.48. The summed E-state index contributed by atoms with van der Waals surface area (Å²) in [7, 11) is 0. The van der Waals surface area contributed by atoms with Crippen LogP contribution in [0.25, 0.3) is 0 Å². The van der Waals surface area contributed by atoms with Crippen LogP contribution >= 0.6 is 23.2 Å². The van der Waals surface area contributed by atoms with E-state index in [1.165, 1.54) is 6.07 Å². The number of carbonyl (C=O) groups excluding carboxylic acids is 1. The van der Waals surface area contributed by atoms with Crippen molar-refractivity contribution in [3.63, 3.8) is 0 Å². The van der Waals surface area contributed by atoms with Gasteiger partial charge in [0.2, 0.25) is 0 Å². The number of anilines is 3. The Hall–Kier alpha value is -2.90. The molecule has 2 heterocycles. The van der Waals surface area contributed by atoms with E-state index in [-0.39, 0.29) is 5.91 Å². The molecule has 0 atom stereocenters. The van der Waals surface area contributed by atoms with Crippen LogP contribution in [0.3, 0.4) is 0 Å². The number of aromatic nitrogens is 3. The summed E-state index contributed by atoms with van der Waals surface area (Å²) >= 11 is 11.8. The highest BCUT2D eigenvalue weighted by atomic mass is 35.5. The fourth-order valence-corrected chi connectivity index (χ4v) is 2.69. The number of carbonyl (C=O) groups is 1. The molecule has 138 valence electrons. The zero-order chi connectivity index (χ0) is 19.1. The standard InChI is InChI=1S/C18H16Cl2N6O/c19-12-4-5-13(14(20)11-12)18(27)23-10-9-22-16-6-7-17(26-25-16)24-15-3-1-2-8-21-15/h1-8,11H,9-10H2,(H,22,25)(H,23,27)(H,21,24,26). The van der Waals surface area contributed by atoms with Gasteiger partial charge >= 0.3 is 0 Å². The lowest BCUT2D eigenvalue weighted by molar-refractivity contribution is 0.0955. The Kier molecular flexibility index (Phi) is 6.40. The number of rotatable bonds is 7. The lowest BCUT2D eigenvalue weighted by Crippen LogP contribution is -2.29. The number of amides is 1. The van der Waals surface area contributed by atoms with Crippen molar-refractivity contribution in [1.82, 2.24) is 20.5 Å². The number of benzene rings is 1. The molecule has 0 saturated carbocycles. The molecule has 9 heteroatoms. The summed E-state index contributed by atoms with van der Waals surface area (Å²) < 4.78 is 0. The van der Waals surface area contributed by atoms with Gasteiger partial charge in [0.15, 0.2) is 5.82 Å². The van der Waals surface area contributed by atoms with Crippen molar-refractivity contribution in [3.05, 3.63) is 70.3 Å². The second-order valence-corrected chi connectivity index (χ2v) is 6.29. The molecular weight excluding hydrogens is 387 g/mol. The van der Waals surface area contributed by atoms with Gasteiger partial charge in [-0.05, 0) is 42.5 Å². The van der Waals surface area contributed by atoms with Crippen molar-refractivity contribution in [2.75, 3.05) is 23.7 Å². The first kappa shape index (κ1) is 18.9. The summed E-state index contributed by atoms with van der Waals surface area (Å²) in [4.78, 5) is 16.3. The van der Waals surface area contributed by atoms with Crippen molar-refractivity contribution in [1.29, 1.82) is 0 Å². The van der Waals surface area contributed by atoms with Crippen molar-refractivity contribution in [3.8, 4) is 0 Å². The largest absolute Gasteiger partial charge is 0.367 e. The van der Waals surface area contributed by atoms with E-state index in [9.17, 15) is 4.79 Å². The summed E-state index contributed by atoms with van der Waals surface area (Å²) in [6.45, 7) is 0.881. The van der Waals surface area contributed by atoms with Crippen LogP contribution in [0.5, 0.6) is 0 Å². The summed E-state index contributed by atoms with van der Waals surface area (Å²) in [5, 5.41) is 17.9. The predicted octanol–water partition coefficient (Wildman–Crippen LogP) is 3.76. The van der Waals surface area contributed by atoms with E-state index in [1.54, 1.807) is 30.5 Å². The molecule has 3 aromatic rings. The topological polar surface area (TPSA) is 91.8 Å². The van der Waals surface area contributed by atoms with Crippen LogP contribution < -0.4 is 16.0 Å². The van der Waals surface area contributed by atoms with E-state index in [2.05, 4.69) is 31.1 Å². The zero-order valence-corrected chi connectivity index (χ0v) is 15.6. The molecule has 2 aromatic heterocycles. The molecule has 0 unspecified atom stereocenters. The van der Waals surface area contributed by atoms with Crippen molar-refractivity contribution < 1.29 is 4.79 Å². The highest BCUT2D eigenvalue weighted by Gasteiger charge is 2.09. The van der Waals surface area contributed by atoms with Gasteiger partial charge in [-0.15, -0.1) is 10.2 Å². The van der Waals surface area contributed by atoms with Gasteiger partial charge in [-0.2, -0.15) is 0 Å². The molecule has 0 bridgehead atoms. The van der Waals surface area contributed by atoms with Crippen LogP contribution in [0, 0.1) is 0 Å². The minimum Gasteiger partial charge on any atom is -0.367 e. The SMILES string of the molecule is O=C(NCCNc1ccc(Nc2ccccn2)nn1)c1ccc(Cl)cc1Cl. The number of pyridine rings is 1. The van der Waals surface area contributed by atoms with Gasteiger partial charge in [-0.25, -0.2) is 4.98 Å². The van der Waals surface area contributed by atoms with Gasteiger partial charge in [-0.1, -0.05) is 29.3 Å². The second kappa shape index (κ2) is 9.16. The molecule has 0 aliphatic rings. The first-order chi connectivity index (χ1) is 13.1. The average molecular weight is 403 g/mol. The smallest absolute Gasteiger partial charge is 0.252 e. The van der Waals surface area contributed by atoms with E-state index in [1.807, 2.05) is 18.2 Å². The first-order valence-corrected chi connectivity index (χ1v) is 8.86. The van der Waals surface area contributed by atoms with Crippen LogP contribution in [0.4, 0.5) is 17.5 Å². The monoisotopic (exact) mass is 402 g/mol. The van der Waals surface area contributed by atoms with Gasteiger partial charge in [0.05, 0.1) is 10.6 Å². The number of halogens is 2. The Morgan fingerprint density at radius 2 is 1.74 bits per heavy atom. The molecule has 0 aliphatic heterocycles. The number of nitrogens with one attached hydrogen (secondary N) is 3. The van der Waals surface area contributed by atoms with E-state index in [4.69, 9.17) is 23.2 Å². The predicted molar refractivity (Wildman–Crippen MR) is 107 cm³/mol. The first-order valence-electron chi connectivity index (χ1n) is 8.11. The lowest BCUT2D eigenvalue weighted by atomic mass is 10.2. The maximum atomic E-state index is 12.1. The third kappa shape index (κ3) is 5.54. The van der Waals surface area contributed by atoms with Gasteiger partial charge < -0.3 is 16.0 Å². The van der Waals surface area contributed by atoms with E-state index in [0.29, 0.717) is 46.2 Å². The minimum absolute atomic E-state index is 0.264. The van der Waals surface area contributed by atoms with Gasteiger partial charge in [0.25, 0.3) is 5.91 Å². The molecule has 7 nitrogen and oxygen atoms in total. The number of hydrogen-bond donors (Lipinski definition) is 3.